The number of sulfonamides is 1. The summed E-state index contributed by atoms with van der Waals surface area (Å²) in [4.78, 5) is 12.1. The maximum Gasteiger partial charge on any atom is 0.262 e. The third kappa shape index (κ3) is 3.22. The van der Waals surface area contributed by atoms with Crippen molar-refractivity contribution >= 4 is 32.8 Å². The topological polar surface area (TPSA) is 89.3 Å². The molecule has 1 N–H and O–H groups in total. The second-order valence-electron chi connectivity index (χ2n) is 5.52. The van der Waals surface area contributed by atoms with Crippen LogP contribution in [-0.4, -0.2) is 19.4 Å². The van der Waals surface area contributed by atoms with Gasteiger partial charge in [0.25, 0.3) is 10.0 Å². The van der Waals surface area contributed by atoms with Crippen LogP contribution in [0.4, 0.5) is 5.69 Å². The molecule has 0 saturated carbocycles. The number of ketones is 1. The van der Waals surface area contributed by atoms with Crippen LogP contribution in [0.1, 0.15) is 28.0 Å². The first-order valence-electron chi connectivity index (χ1n) is 7.45. The molecule has 0 radical (unpaired) electrons. The molecule has 130 valence electrons. The summed E-state index contributed by atoms with van der Waals surface area (Å²) < 4.78 is 33.6. The van der Waals surface area contributed by atoms with Gasteiger partial charge in [-0.15, -0.1) is 11.3 Å². The lowest BCUT2D eigenvalue weighted by atomic mass is 10.0. The van der Waals surface area contributed by atoms with Crippen LogP contribution in [0.15, 0.2) is 45.1 Å². The molecule has 3 aromatic rings. The van der Waals surface area contributed by atoms with E-state index in [2.05, 4.69) is 9.88 Å². The van der Waals surface area contributed by atoms with Crippen LogP contribution < -0.4 is 4.72 Å². The third-order valence-electron chi connectivity index (χ3n) is 3.71. The van der Waals surface area contributed by atoms with Crippen LogP contribution in [0.5, 0.6) is 0 Å². The summed E-state index contributed by atoms with van der Waals surface area (Å²) in [5.74, 6) is 0.354. The molecule has 2 heterocycles. The number of hydrogen-bond acceptors (Lipinski definition) is 6. The monoisotopic (exact) mass is 376 g/mol. The van der Waals surface area contributed by atoms with Gasteiger partial charge in [-0.2, -0.15) is 0 Å². The molecule has 1 aromatic carbocycles. The van der Waals surface area contributed by atoms with Gasteiger partial charge in [0.15, 0.2) is 5.78 Å². The van der Waals surface area contributed by atoms with Gasteiger partial charge in [0.1, 0.15) is 5.76 Å². The number of anilines is 1. The lowest BCUT2D eigenvalue weighted by molar-refractivity contribution is 0.102. The van der Waals surface area contributed by atoms with Gasteiger partial charge in [-0.25, -0.2) is 8.42 Å². The summed E-state index contributed by atoms with van der Waals surface area (Å²) in [6.45, 7) is 4.90. The molecule has 3 rings (SSSR count). The van der Waals surface area contributed by atoms with E-state index in [4.69, 9.17) is 4.52 Å². The first kappa shape index (κ1) is 17.4. The van der Waals surface area contributed by atoms with Crippen molar-refractivity contribution in [3.8, 4) is 11.1 Å². The van der Waals surface area contributed by atoms with Crippen molar-refractivity contribution in [2.75, 3.05) is 4.72 Å². The Morgan fingerprint density at radius 1 is 1.20 bits per heavy atom. The zero-order valence-electron chi connectivity index (χ0n) is 13.9. The highest BCUT2D eigenvalue weighted by atomic mass is 32.2. The van der Waals surface area contributed by atoms with E-state index in [9.17, 15) is 13.2 Å². The first-order chi connectivity index (χ1) is 11.8. The molecule has 0 bridgehead atoms. The highest BCUT2D eigenvalue weighted by Crippen LogP contribution is 2.34. The van der Waals surface area contributed by atoms with E-state index in [-0.39, 0.29) is 16.4 Å². The Bertz CT molecular complexity index is 1030. The fourth-order valence-electron chi connectivity index (χ4n) is 2.64. The number of Topliss-reactive ketones (excluding diaryl/α,β-unsaturated/α-hetero) is 1. The van der Waals surface area contributed by atoms with Crippen molar-refractivity contribution in [3.05, 3.63) is 52.0 Å². The number of aryl methyl sites for hydroxylation is 2. The van der Waals surface area contributed by atoms with Gasteiger partial charge in [0.2, 0.25) is 0 Å². The molecule has 6 nitrogen and oxygen atoms in total. The summed E-state index contributed by atoms with van der Waals surface area (Å²) >= 11 is 1.20. The Morgan fingerprint density at radius 3 is 2.56 bits per heavy atom. The largest absolute Gasteiger partial charge is 0.361 e. The Labute approximate surface area is 149 Å². The molecule has 0 atom stereocenters. The van der Waals surface area contributed by atoms with Gasteiger partial charge in [-0.3, -0.25) is 9.52 Å². The minimum Gasteiger partial charge on any atom is -0.361 e. The highest BCUT2D eigenvalue weighted by molar-refractivity contribution is 7.92. The minimum absolute atomic E-state index is 0.102. The molecule has 0 saturated heterocycles. The molecule has 0 unspecified atom stereocenters. The van der Waals surface area contributed by atoms with E-state index in [0.717, 1.165) is 0 Å². The molecule has 0 amide bonds. The van der Waals surface area contributed by atoms with Crippen LogP contribution in [0.25, 0.3) is 11.1 Å². The van der Waals surface area contributed by atoms with Gasteiger partial charge in [-0.1, -0.05) is 23.4 Å². The average Bonchev–Trinajstić information content (AvgIpc) is 3.13. The van der Waals surface area contributed by atoms with Crippen molar-refractivity contribution in [2.45, 2.75) is 25.7 Å². The van der Waals surface area contributed by atoms with Gasteiger partial charge in [-0.05, 0) is 31.4 Å². The van der Waals surface area contributed by atoms with Crippen LogP contribution >= 0.6 is 11.3 Å². The smallest absolute Gasteiger partial charge is 0.262 e. The van der Waals surface area contributed by atoms with Gasteiger partial charge in [0, 0.05) is 18.1 Å². The number of rotatable bonds is 5. The number of aromatic nitrogens is 1. The number of hydrogen-bond donors (Lipinski definition) is 1. The predicted molar refractivity (Wildman–Crippen MR) is 96.5 cm³/mol. The number of carbonyl (C=O) groups excluding carboxylic acids is 1. The maximum absolute atomic E-state index is 12.9. The Kier molecular flexibility index (Phi) is 4.49. The van der Waals surface area contributed by atoms with Crippen LogP contribution in [0.2, 0.25) is 0 Å². The van der Waals surface area contributed by atoms with Crippen molar-refractivity contribution < 1.29 is 17.7 Å². The number of carbonyl (C=O) groups is 1. The Hall–Kier alpha value is -2.45. The summed E-state index contributed by atoms with van der Waals surface area (Å²) in [5, 5.41) is 5.57. The normalized spacial score (nSPS) is 11.5. The van der Waals surface area contributed by atoms with E-state index in [1.165, 1.54) is 24.3 Å². The second kappa shape index (κ2) is 6.45. The van der Waals surface area contributed by atoms with E-state index < -0.39 is 10.0 Å². The van der Waals surface area contributed by atoms with E-state index in [0.29, 0.717) is 27.5 Å². The van der Waals surface area contributed by atoms with Crippen LogP contribution in [-0.2, 0) is 10.0 Å². The van der Waals surface area contributed by atoms with Crippen molar-refractivity contribution in [1.82, 2.24) is 5.16 Å². The lowest BCUT2D eigenvalue weighted by Crippen LogP contribution is -2.15. The number of thiophene rings is 1. The fraction of sp³-hybridized carbons (Fsp3) is 0.176. The Morgan fingerprint density at radius 2 is 1.92 bits per heavy atom. The van der Waals surface area contributed by atoms with Crippen LogP contribution in [0, 0.1) is 13.8 Å². The first-order valence-corrected chi connectivity index (χ1v) is 9.81. The molecule has 8 heteroatoms. The zero-order chi connectivity index (χ0) is 18.2. The average molecular weight is 376 g/mol. The molecule has 25 heavy (non-hydrogen) atoms. The Balaban J connectivity index is 2.10. The highest BCUT2D eigenvalue weighted by Gasteiger charge is 2.24. The molecule has 0 aliphatic heterocycles. The number of nitrogens with zero attached hydrogens (tertiary/aromatic N) is 1. The zero-order valence-corrected chi connectivity index (χ0v) is 15.5. The number of nitrogens with one attached hydrogen (secondary N) is 1. The standard InChI is InChI=1S/C17H16N2O4S2/c1-10-16(12(3)23-18-10)13-6-4-5-7-15(13)25(21,22)19-14-8-9-24-17(14)11(2)20/h4-9,19H,1-3H3. The van der Waals surface area contributed by atoms with Gasteiger partial charge >= 0.3 is 0 Å². The van der Waals surface area contributed by atoms with Gasteiger partial charge < -0.3 is 4.52 Å². The van der Waals surface area contributed by atoms with Crippen molar-refractivity contribution in [3.63, 3.8) is 0 Å². The molecule has 0 aliphatic rings. The summed E-state index contributed by atoms with van der Waals surface area (Å²) in [5.41, 5.74) is 2.05. The molecular weight excluding hydrogens is 360 g/mol. The molecule has 2 aromatic heterocycles. The second-order valence-corrected chi connectivity index (χ2v) is 8.09. The predicted octanol–water partition coefficient (Wildman–Crippen LogP) is 4.02. The molecule has 0 fully saturated rings. The van der Waals surface area contributed by atoms with E-state index in [1.807, 2.05) is 0 Å². The summed E-state index contributed by atoms with van der Waals surface area (Å²) in [6, 6.07) is 8.21. The SMILES string of the molecule is CC(=O)c1sccc1NS(=O)(=O)c1ccccc1-c1c(C)noc1C. The van der Waals surface area contributed by atoms with Crippen molar-refractivity contribution in [2.24, 2.45) is 0 Å². The maximum atomic E-state index is 12.9. The molecule has 0 aliphatic carbocycles. The summed E-state index contributed by atoms with van der Waals surface area (Å²) in [7, 11) is -3.89. The summed E-state index contributed by atoms with van der Waals surface area (Å²) in [6.07, 6.45) is 0. The fourth-order valence-corrected chi connectivity index (χ4v) is 4.74. The van der Waals surface area contributed by atoms with Crippen LogP contribution in [0.3, 0.4) is 0 Å². The van der Waals surface area contributed by atoms with E-state index >= 15 is 0 Å². The third-order valence-corrected chi connectivity index (χ3v) is 6.15. The quantitative estimate of drug-likeness (QED) is 0.679. The molecule has 0 spiro atoms. The van der Waals surface area contributed by atoms with Crippen molar-refractivity contribution in [1.29, 1.82) is 0 Å². The lowest BCUT2D eigenvalue weighted by Gasteiger charge is -2.12. The number of benzene rings is 1. The molecular formula is C17H16N2O4S2. The van der Waals surface area contributed by atoms with E-state index in [1.54, 1.807) is 43.5 Å². The van der Waals surface area contributed by atoms with Gasteiger partial charge in [0.05, 0.1) is 21.2 Å². The minimum atomic E-state index is -3.89.